The third kappa shape index (κ3) is 3.40. The minimum absolute atomic E-state index is 0.0772. The van der Waals surface area contributed by atoms with Crippen molar-refractivity contribution in [2.45, 2.75) is 10.6 Å². The number of aromatic nitrogens is 2. The van der Waals surface area contributed by atoms with Crippen molar-refractivity contribution in [3.8, 4) is 0 Å². The zero-order valence-electron chi connectivity index (χ0n) is 12.0. The van der Waals surface area contributed by atoms with Crippen molar-refractivity contribution < 1.29 is 9.90 Å². The summed E-state index contributed by atoms with van der Waals surface area (Å²) in [5.74, 6) is -0.319. The molecule has 1 heterocycles. The van der Waals surface area contributed by atoms with E-state index in [0.717, 1.165) is 0 Å². The minimum atomic E-state index is -1.07. The van der Waals surface area contributed by atoms with Gasteiger partial charge in [-0.2, -0.15) is 0 Å². The first-order chi connectivity index (χ1) is 11.5. The lowest BCUT2D eigenvalue weighted by Gasteiger charge is -2.07. The van der Waals surface area contributed by atoms with Crippen LogP contribution in [0.2, 0.25) is 10.0 Å². The van der Waals surface area contributed by atoms with Crippen LogP contribution in [0.1, 0.15) is 16.2 Å². The highest BCUT2D eigenvalue weighted by atomic mass is 35.5. The van der Waals surface area contributed by atoms with Crippen molar-refractivity contribution in [1.29, 1.82) is 0 Å². The molecule has 24 heavy (non-hydrogen) atoms. The Morgan fingerprint density at radius 1 is 1.21 bits per heavy atom. The standard InChI is InChI=1S/C16H10Cl2N2O3S/c17-10-2-1-3-11(18)14(10)24-7-13-19-12-6-8(16(22)23)4-5-9(12)15(21)20-13/h1-6H,7H2,(H,22,23)(H,19,20,21). The summed E-state index contributed by atoms with van der Waals surface area (Å²) in [6.07, 6.45) is 0. The van der Waals surface area contributed by atoms with Gasteiger partial charge in [0.2, 0.25) is 0 Å². The SMILES string of the molecule is O=C(O)c1ccc2c(=O)[nH]c(CSc3c(Cl)cccc3Cl)nc2c1. The molecule has 8 heteroatoms. The second-order valence-corrected chi connectivity index (χ2v) is 6.69. The Balaban J connectivity index is 1.95. The molecule has 122 valence electrons. The number of thioether (sulfide) groups is 1. The largest absolute Gasteiger partial charge is 0.478 e. The third-order valence-corrected chi connectivity index (χ3v) is 5.28. The molecule has 5 nitrogen and oxygen atoms in total. The molecule has 0 aliphatic heterocycles. The van der Waals surface area contributed by atoms with Crippen LogP contribution in [-0.4, -0.2) is 21.0 Å². The van der Waals surface area contributed by atoms with E-state index in [1.807, 2.05) is 0 Å². The smallest absolute Gasteiger partial charge is 0.335 e. The molecule has 2 N–H and O–H groups in total. The Labute approximate surface area is 150 Å². The molecular formula is C16H10Cl2N2O3S. The van der Waals surface area contributed by atoms with Crippen LogP contribution < -0.4 is 5.56 Å². The van der Waals surface area contributed by atoms with Gasteiger partial charge in [0, 0.05) is 4.90 Å². The van der Waals surface area contributed by atoms with Gasteiger partial charge in [-0.3, -0.25) is 4.79 Å². The van der Waals surface area contributed by atoms with Crippen LogP contribution in [-0.2, 0) is 5.75 Å². The van der Waals surface area contributed by atoms with E-state index in [-0.39, 0.29) is 11.1 Å². The minimum Gasteiger partial charge on any atom is -0.478 e. The highest BCUT2D eigenvalue weighted by Crippen LogP contribution is 2.35. The van der Waals surface area contributed by atoms with Crippen LogP contribution >= 0.6 is 35.0 Å². The van der Waals surface area contributed by atoms with Gasteiger partial charge in [-0.1, -0.05) is 29.3 Å². The number of nitrogens with one attached hydrogen (secondary N) is 1. The quantitative estimate of drug-likeness (QED) is 0.662. The first-order valence-electron chi connectivity index (χ1n) is 6.79. The maximum atomic E-state index is 12.1. The Morgan fingerprint density at radius 3 is 2.58 bits per heavy atom. The summed E-state index contributed by atoms with van der Waals surface area (Å²) in [6, 6.07) is 9.41. The number of aromatic amines is 1. The van der Waals surface area contributed by atoms with Crippen LogP contribution in [0.3, 0.4) is 0 Å². The molecule has 0 radical (unpaired) electrons. The monoisotopic (exact) mass is 380 g/mol. The lowest BCUT2D eigenvalue weighted by atomic mass is 10.1. The van der Waals surface area contributed by atoms with Crippen molar-refractivity contribution in [2.75, 3.05) is 0 Å². The number of H-pyrrole nitrogens is 1. The molecule has 0 spiro atoms. The lowest BCUT2D eigenvalue weighted by molar-refractivity contribution is 0.0697. The zero-order valence-corrected chi connectivity index (χ0v) is 14.4. The topological polar surface area (TPSA) is 83.0 Å². The van der Waals surface area contributed by atoms with Crippen LogP contribution in [0.25, 0.3) is 10.9 Å². The fourth-order valence-electron chi connectivity index (χ4n) is 2.15. The second-order valence-electron chi connectivity index (χ2n) is 4.89. The van der Waals surface area contributed by atoms with Crippen molar-refractivity contribution in [2.24, 2.45) is 0 Å². The van der Waals surface area contributed by atoms with Crippen LogP contribution in [0.4, 0.5) is 0 Å². The summed E-state index contributed by atoms with van der Waals surface area (Å²) in [4.78, 5) is 30.9. The second kappa shape index (κ2) is 6.84. The molecule has 0 fully saturated rings. The summed E-state index contributed by atoms with van der Waals surface area (Å²) < 4.78 is 0. The predicted octanol–water partition coefficient (Wildman–Crippen LogP) is 4.22. The summed E-state index contributed by atoms with van der Waals surface area (Å²) in [5.41, 5.74) is 0.0886. The molecule has 3 aromatic rings. The maximum Gasteiger partial charge on any atom is 0.335 e. The van der Waals surface area contributed by atoms with Gasteiger partial charge in [0.15, 0.2) is 0 Å². The molecule has 0 aliphatic carbocycles. The average Bonchev–Trinajstić information content (AvgIpc) is 2.54. The van der Waals surface area contributed by atoms with E-state index in [4.69, 9.17) is 28.3 Å². The fourth-order valence-corrected chi connectivity index (χ4v) is 3.70. The molecule has 1 aromatic heterocycles. The van der Waals surface area contributed by atoms with E-state index in [1.165, 1.54) is 30.0 Å². The molecule has 3 rings (SSSR count). The summed E-state index contributed by atoms with van der Waals surface area (Å²) >= 11 is 13.6. The maximum absolute atomic E-state index is 12.1. The van der Waals surface area contributed by atoms with Crippen molar-refractivity contribution in [3.05, 3.63) is 68.2 Å². The summed E-state index contributed by atoms with van der Waals surface area (Å²) in [5, 5.41) is 10.4. The van der Waals surface area contributed by atoms with E-state index in [0.29, 0.717) is 37.4 Å². The number of rotatable bonds is 4. The number of hydrogen-bond acceptors (Lipinski definition) is 4. The molecular weight excluding hydrogens is 371 g/mol. The third-order valence-electron chi connectivity index (χ3n) is 3.27. The van der Waals surface area contributed by atoms with E-state index < -0.39 is 5.97 Å². The first kappa shape index (κ1) is 16.8. The molecule has 0 unspecified atom stereocenters. The Kier molecular flexibility index (Phi) is 4.80. The predicted molar refractivity (Wildman–Crippen MR) is 95.3 cm³/mol. The van der Waals surface area contributed by atoms with E-state index in [1.54, 1.807) is 18.2 Å². The zero-order chi connectivity index (χ0) is 17.3. The molecule has 2 aromatic carbocycles. The average molecular weight is 381 g/mol. The summed E-state index contributed by atoms with van der Waals surface area (Å²) in [7, 11) is 0. The number of halogens is 2. The normalized spacial score (nSPS) is 10.9. The number of fused-ring (bicyclic) bond motifs is 1. The molecule has 0 aliphatic rings. The van der Waals surface area contributed by atoms with Gasteiger partial charge < -0.3 is 10.1 Å². The molecule has 0 atom stereocenters. The summed E-state index contributed by atoms with van der Waals surface area (Å²) in [6.45, 7) is 0. The Hall–Kier alpha value is -2.02. The Bertz CT molecular complexity index is 984. The van der Waals surface area contributed by atoms with Gasteiger partial charge in [-0.05, 0) is 30.3 Å². The number of aromatic carboxylic acids is 1. The molecule has 0 bridgehead atoms. The number of nitrogens with zero attached hydrogens (tertiary/aromatic N) is 1. The van der Waals surface area contributed by atoms with E-state index in [2.05, 4.69) is 9.97 Å². The highest BCUT2D eigenvalue weighted by Gasteiger charge is 2.11. The van der Waals surface area contributed by atoms with Gasteiger partial charge in [0.05, 0.1) is 32.3 Å². The van der Waals surface area contributed by atoms with Gasteiger partial charge in [0.25, 0.3) is 5.56 Å². The molecule has 0 saturated carbocycles. The van der Waals surface area contributed by atoms with Crippen molar-refractivity contribution >= 4 is 51.8 Å². The number of benzene rings is 2. The van der Waals surface area contributed by atoms with Gasteiger partial charge in [0.1, 0.15) is 5.82 Å². The highest BCUT2D eigenvalue weighted by molar-refractivity contribution is 7.98. The van der Waals surface area contributed by atoms with Crippen molar-refractivity contribution in [1.82, 2.24) is 9.97 Å². The van der Waals surface area contributed by atoms with E-state index in [9.17, 15) is 9.59 Å². The molecule has 0 amide bonds. The van der Waals surface area contributed by atoms with Crippen LogP contribution in [0.15, 0.2) is 46.1 Å². The van der Waals surface area contributed by atoms with E-state index >= 15 is 0 Å². The van der Waals surface area contributed by atoms with Gasteiger partial charge in [-0.15, -0.1) is 11.8 Å². The van der Waals surface area contributed by atoms with Crippen molar-refractivity contribution in [3.63, 3.8) is 0 Å². The van der Waals surface area contributed by atoms with Crippen LogP contribution in [0, 0.1) is 0 Å². The lowest BCUT2D eigenvalue weighted by Crippen LogP contribution is -2.12. The fraction of sp³-hybridized carbons (Fsp3) is 0.0625. The number of carboxylic acids is 1. The number of carboxylic acid groups (broad SMARTS) is 1. The number of hydrogen-bond donors (Lipinski definition) is 2. The first-order valence-corrected chi connectivity index (χ1v) is 8.53. The van der Waals surface area contributed by atoms with Gasteiger partial charge in [-0.25, -0.2) is 9.78 Å². The number of carbonyl (C=O) groups is 1. The van der Waals surface area contributed by atoms with Crippen LogP contribution in [0.5, 0.6) is 0 Å². The van der Waals surface area contributed by atoms with Gasteiger partial charge >= 0.3 is 5.97 Å². The molecule has 0 saturated heterocycles. The Morgan fingerprint density at radius 2 is 1.92 bits per heavy atom.